The molecule has 2 N–H and O–H groups in total. The number of carboxylic acid groups (broad SMARTS) is 1. The van der Waals surface area contributed by atoms with Gasteiger partial charge in [-0.25, -0.2) is 4.68 Å². The predicted molar refractivity (Wildman–Crippen MR) is 98.4 cm³/mol. The van der Waals surface area contributed by atoms with Gasteiger partial charge in [-0.15, -0.1) is 0 Å². The number of hydrogen-bond acceptors (Lipinski definition) is 3. The fourth-order valence-electron chi connectivity index (χ4n) is 3.66. The molecule has 1 amide bonds. The van der Waals surface area contributed by atoms with Gasteiger partial charge in [-0.05, 0) is 31.9 Å². The minimum atomic E-state index is -0.825. The summed E-state index contributed by atoms with van der Waals surface area (Å²) in [5, 5.41) is 16.8. The maximum absolute atomic E-state index is 12.8. The number of carbonyl (C=O) groups excluding carboxylic acids is 1. The van der Waals surface area contributed by atoms with Crippen LogP contribution < -0.4 is 5.32 Å². The Morgan fingerprint density at radius 3 is 2.50 bits per heavy atom. The van der Waals surface area contributed by atoms with Crippen molar-refractivity contribution in [3.63, 3.8) is 0 Å². The van der Waals surface area contributed by atoms with E-state index in [9.17, 15) is 14.7 Å². The number of benzene rings is 1. The maximum Gasteiger partial charge on any atom is 0.308 e. The molecule has 1 aromatic carbocycles. The van der Waals surface area contributed by atoms with Crippen LogP contribution in [0, 0.1) is 12.8 Å². The smallest absolute Gasteiger partial charge is 0.308 e. The van der Waals surface area contributed by atoms with Gasteiger partial charge >= 0.3 is 5.97 Å². The maximum atomic E-state index is 12.8. The lowest BCUT2D eigenvalue weighted by Crippen LogP contribution is -2.44. The molecule has 1 aliphatic rings. The van der Waals surface area contributed by atoms with Crippen molar-refractivity contribution < 1.29 is 14.7 Å². The zero-order valence-electron chi connectivity index (χ0n) is 15.0. The molecule has 6 nitrogen and oxygen atoms in total. The van der Waals surface area contributed by atoms with Gasteiger partial charge in [0.2, 0.25) is 0 Å². The molecular formula is C20H25N3O3. The van der Waals surface area contributed by atoms with Crippen LogP contribution in [0.3, 0.4) is 0 Å². The van der Waals surface area contributed by atoms with Crippen molar-refractivity contribution >= 4 is 11.9 Å². The second-order valence-electron chi connectivity index (χ2n) is 6.91. The lowest BCUT2D eigenvalue weighted by molar-refractivity contribution is -0.143. The van der Waals surface area contributed by atoms with E-state index >= 15 is 0 Å². The molecule has 0 saturated heterocycles. The van der Waals surface area contributed by atoms with Crippen molar-refractivity contribution in [3.05, 3.63) is 47.8 Å². The highest BCUT2D eigenvalue weighted by Crippen LogP contribution is 2.24. The molecule has 26 heavy (non-hydrogen) atoms. The summed E-state index contributed by atoms with van der Waals surface area (Å²) in [7, 11) is 0. The molecule has 2 unspecified atom stereocenters. The third-order valence-electron chi connectivity index (χ3n) is 5.15. The topological polar surface area (TPSA) is 84.2 Å². The van der Waals surface area contributed by atoms with Crippen LogP contribution in [-0.4, -0.2) is 32.8 Å². The van der Waals surface area contributed by atoms with Crippen LogP contribution in [0.5, 0.6) is 0 Å². The van der Waals surface area contributed by atoms with E-state index < -0.39 is 11.9 Å². The Kier molecular flexibility index (Phi) is 5.71. The van der Waals surface area contributed by atoms with Gasteiger partial charge in [-0.3, -0.25) is 9.59 Å². The van der Waals surface area contributed by atoms with Crippen LogP contribution >= 0.6 is 0 Å². The molecule has 0 spiro atoms. The van der Waals surface area contributed by atoms with Crippen LogP contribution in [0.1, 0.15) is 54.6 Å². The van der Waals surface area contributed by atoms with Crippen LogP contribution in [0.15, 0.2) is 36.5 Å². The van der Waals surface area contributed by atoms with E-state index in [1.54, 1.807) is 10.9 Å². The molecule has 1 heterocycles. The van der Waals surface area contributed by atoms with Gasteiger partial charge < -0.3 is 10.4 Å². The van der Waals surface area contributed by atoms with Gasteiger partial charge in [0.25, 0.3) is 5.91 Å². The van der Waals surface area contributed by atoms with Crippen molar-refractivity contribution in [2.75, 3.05) is 0 Å². The third-order valence-corrected chi connectivity index (χ3v) is 5.15. The summed E-state index contributed by atoms with van der Waals surface area (Å²) in [6, 6.07) is 9.29. The molecule has 0 bridgehead atoms. The van der Waals surface area contributed by atoms with Gasteiger partial charge in [0.1, 0.15) is 0 Å². The summed E-state index contributed by atoms with van der Waals surface area (Å²) in [5.41, 5.74) is 2.12. The highest BCUT2D eigenvalue weighted by molar-refractivity contribution is 5.95. The number of aliphatic carboxylic acids is 1. The highest BCUT2D eigenvalue weighted by atomic mass is 16.4. The molecule has 138 valence electrons. The van der Waals surface area contributed by atoms with E-state index in [2.05, 4.69) is 10.4 Å². The largest absolute Gasteiger partial charge is 0.481 e. The summed E-state index contributed by atoms with van der Waals surface area (Å²) >= 11 is 0. The fourth-order valence-corrected chi connectivity index (χ4v) is 3.66. The Bertz CT molecular complexity index is 770. The number of carbonyl (C=O) groups is 2. The van der Waals surface area contributed by atoms with Gasteiger partial charge in [0.15, 0.2) is 0 Å². The van der Waals surface area contributed by atoms with Crippen molar-refractivity contribution in [2.45, 2.75) is 51.5 Å². The minimum absolute atomic E-state index is 0.249. The summed E-state index contributed by atoms with van der Waals surface area (Å²) in [4.78, 5) is 24.4. The Labute approximate surface area is 153 Å². The Balaban J connectivity index is 1.78. The van der Waals surface area contributed by atoms with Gasteiger partial charge in [0, 0.05) is 6.04 Å². The number of hydrogen-bond donors (Lipinski definition) is 2. The van der Waals surface area contributed by atoms with Gasteiger partial charge in [0.05, 0.1) is 29.1 Å². The molecule has 1 aliphatic carbocycles. The molecule has 6 heteroatoms. The van der Waals surface area contributed by atoms with Gasteiger partial charge in [-0.2, -0.15) is 5.10 Å². The van der Waals surface area contributed by atoms with Crippen molar-refractivity contribution in [3.8, 4) is 5.69 Å². The molecule has 0 aliphatic heterocycles. The predicted octanol–water partition coefficient (Wildman–Crippen LogP) is 3.33. The molecule has 1 saturated carbocycles. The number of carboxylic acids is 1. The van der Waals surface area contributed by atoms with E-state index in [1.165, 1.54) is 0 Å². The highest BCUT2D eigenvalue weighted by Gasteiger charge is 2.30. The second kappa shape index (κ2) is 8.17. The average molecular weight is 355 g/mol. The molecule has 1 aromatic heterocycles. The summed E-state index contributed by atoms with van der Waals surface area (Å²) in [6.07, 6.45) is 6.86. The van der Waals surface area contributed by atoms with E-state index in [0.717, 1.165) is 37.1 Å². The van der Waals surface area contributed by atoms with E-state index in [4.69, 9.17) is 0 Å². The SMILES string of the molecule is Cc1c(C(=O)NC2CCCCCCC2C(=O)O)cnn1-c1ccccc1. The van der Waals surface area contributed by atoms with Crippen molar-refractivity contribution in [2.24, 2.45) is 5.92 Å². The number of amides is 1. The number of nitrogens with zero attached hydrogens (tertiary/aromatic N) is 2. The summed E-state index contributed by atoms with van der Waals surface area (Å²) in [5.74, 6) is -1.60. The quantitative estimate of drug-likeness (QED) is 0.881. The molecular weight excluding hydrogens is 330 g/mol. The van der Waals surface area contributed by atoms with Crippen LogP contribution in [0.2, 0.25) is 0 Å². The van der Waals surface area contributed by atoms with E-state index in [1.807, 2.05) is 37.3 Å². The Morgan fingerprint density at radius 1 is 1.12 bits per heavy atom. The van der Waals surface area contributed by atoms with Crippen LogP contribution in [0.4, 0.5) is 0 Å². The average Bonchev–Trinajstić information content (AvgIpc) is 2.99. The van der Waals surface area contributed by atoms with E-state index in [-0.39, 0.29) is 11.9 Å². The minimum Gasteiger partial charge on any atom is -0.481 e. The zero-order valence-corrected chi connectivity index (χ0v) is 15.0. The second-order valence-corrected chi connectivity index (χ2v) is 6.91. The Morgan fingerprint density at radius 2 is 1.81 bits per heavy atom. The lowest BCUT2D eigenvalue weighted by atomic mass is 9.86. The van der Waals surface area contributed by atoms with Crippen LogP contribution in [0.25, 0.3) is 5.69 Å². The molecule has 1 fully saturated rings. The standard InChI is InChI=1S/C20H25N3O3/c1-14-17(13-21-23(14)15-9-5-4-6-10-15)19(24)22-18-12-8-3-2-7-11-16(18)20(25)26/h4-6,9-10,13,16,18H,2-3,7-8,11-12H2,1H3,(H,22,24)(H,25,26). The van der Waals surface area contributed by atoms with Crippen molar-refractivity contribution in [1.29, 1.82) is 0 Å². The third kappa shape index (κ3) is 3.95. The normalized spacial score (nSPS) is 20.8. The first-order valence-corrected chi connectivity index (χ1v) is 9.21. The monoisotopic (exact) mass is 355 g/mol. The number of para-hydroxylation sites is 1. The van der Waals surface area contributed by atoms with Crippen LogP contribution in [-0.2, 0) is 4.79 Å². The molecule has 2 atom stereocenters. The zero-order chi connectivity index (χ0) is 18.5. The molecule has 3 rings (SSSR count). The number of rotatable bonds is 4. The van der Waals surface area contributed by atoms with E-state index in [0.29, 0.717) is 18.4 Å². The first-order valence-electron chi connectivity index (χ1n) is 9.21. The van der Waals surface area contributed by atoms with Gasteiger partial charge in [-0.1, -0.05) is 43.9 Å². The Hall–Kier alpha value is -2.63. The summed E-state index contributed by atoms with van der Waals surface area (Å²) in [6.45, 7) is 1.85. The first-order chi connectivity index (χ1) is 12.6. The fraction of sp³-hybridized carbons (Fsp3) is 0.450. The first kappa shape index (κ1) is 18.2. The molecule has 2 aromatic rings. The number of nitrogens with one attached hydrogen (secondary N) is 1. The molecule has 0 radical (unpaired) electrons. The lowest BCUT2D eigenvalue weighted by Gasteiger charge is -2.27. The number of aromatic nitrogens is 2. The summed E-state index contributed by atoms with van der Waals surface area (Å²) < 4.78 is 1.72. The van der Waals surface area contributed by atoms with Crippen molar-refractivity contribution in [1.82, 2.24) is 15.1 Å².